The Labute approximate surface area is 157 Å². The van der Waals surface area contributed by atoms with E-state index in [9.17, 15) is 9.50 Å². The molecule has 0 aliphatic carbocycles. The average molecular weight is 368 g/mol. The zero-order chi connectivity index (χ0) is 19.2. The van der Waals surface area contributed by atoms with E-state index in [-0.39, 0.29) is 11.6 Å². The van der Waals surface area contributed by atoms with Crippen LogP contribution in [0.3, 0.4) is 0 Å². The summed E-state index contributed by atoms with van der Waals surface area (Å²) in [5.41, 5.74) is 1.97. The lowest BCUT2D eigenvalue weighted by atomic mass is 10.1. The van der Waals surface area contributed by atoms with Crippen LogP contribution in [-0.4, -0.2) is 24.3 Å². The Bertz CT molecular complexity index is 833. The van der Waals surface area contributed by atoms with Crippen LogP contribution in [0.2, 0.25) is 0 Å². The SMILES string of the molecule is COc1ccc(CN(Cc2ccc(OC)cc2)c2ncc(O)cc2F)cc1. The van der Waals surface area contributed by atoms with Crippen molar-refractivity contribution < 1.29 is 19.0 Å². The molecule has 0 atom stereocenters. The molecule has 3 aromatic rings. The first kappa shape index (κ1) is 18.5. The van der Waals surface area contributed by atoms with Gasteiger partial charge >= 0.3 is 0 Å². The molecule has 5 nitrogen and oxygen atoms in total. The van der Waals surface area contributed by atoms with Gasteiger partial charge in [-0.3, -0.25) is 0 Å². The molecule has 0 bridgehead atoms. The van der Waals surface area contributed by atoms with Gasteiger partial charge in [-0.15, -0.1) is 0 Å². The normalized spacial score (nSPS) is 10.5. The van der Waals surface area contributed by atoms with Gasteiger partial charge < -0.3 is 19.5 Å². The number of hydrogen-bond acceptors (Lipinski definition) is 5. The van der Waals surface area contributed by atoms with Crippen LogP contribution in [-0.2, 0) is 13.1 Å². The van der Waals surface area contributed by atoms with Crippen LogP contribution in [0.1, 0.15) is 11.1 Å². The highest BCUT2D eigenvalue weighted by molar-refractivity contribution is 5.45. The minimum absolute atomic E-state index is 0.180. The van der Waals surface area contributed by atoms with Crippen LogP contribution in [0.4, 0.5) is 10.2 Å². The molecule has 1 N–H and O–H groups in total. The molecule has 27 heavy (non-hydrogen) atoms. The Kier molecular flexibility index (Phi) is 5.76. The first-order valence-corrected chi connectivity index (χ1v) is 8.44. The van der Waals surface area contributed by atoms with Gasteiger partial charge in [0.05, 0.1) is 20.4 Å². The van der Waals surface area contributed by atoms with E-state index in [2.05, 4.69) is 4.98 Å². The Morgan fingerprint density at radius 1 is 0.889 bits per heavy atom. The second-order valence-corrected chi connectivity index (χ2v) is 6.05. The Morgan fingerprint density at radius 3 is 1.78 bits per heavy atom. The van der Waals surface area contributed by atoms with E-state index < -0.39 is 5.82 Å². The number of benzene rings is 2. The molecular weight excluding hydrogens is 347 g/mol. The number of ether oxygens (including phenoxy) is 2. The number of methoxy groups -OCH3 is 2. The maximum Gasteiger partial charge on any atom is 0.169 e. The molecule has 1 aromatic heterocycles. The summed E-state index contributed by atoms with van der Waals surface area (Å²) in [5, 5.41) is 9.47. The van der Waals surface area contributed by atoms with Gasteiger partial charge in [0, 0.05) is 19.2 Å². The van der Waals surface area contributed by atoms with Gasteiger partial charge in [-0.25, -0.2) is 9.37 Å². The molecule has 2 aromatic carbocycles. The van der Waals surface area contributed by atoms with E-state index in [1.165, 1.54) is 6.20 Å². The third-order valence-electron chi connectivity index (χ3n) is 4.17. The first-order chi connectivity index (χ1) is 13.1. The van der Waals surface area contributed by atoms with Gasteiger partial charge in [0.25, 0.3) is 0 Å². The number of pyridine rings is 1. The number of halogens is 1. The lowest BCUT2D eigenvalue weighted by Gasteiger charge is -2.24. The minimum Gasteiger partial charge on any atom is -0.506 e. The molecule has 0 saturated carbocycles. The fourth-order valence-electron chi connectivity index (χ4n) is 2.76. The van der Waals surface area contributed by atoms with Crippen molar-refractivity contribution in [2.45, 2.75) is 13.1 Å². The van der Waals surface area contributed by atoms with E-state index in [4.69, 9.17) is 9.47 Å². The molecule has 0 fully saturated rings. The summed E-state index contributed by atoms with van der Waals surface area (Å²) in [6, 6.07) is 16.2. The number of anilines is 1. The molecule has 0 aliphatic heterocycles. The molecule has 0 amide bonds. The third-order valence-corrected chi connectivity index (χ3v) is 4.17. The summed E-state index contributed by atoms with van der Waals surface area (Å²) < 4.78 is 24.8. The van der Waals surface area contributed by atoms with Crippen molar-refractivity contribution in [3.8, 4) is 17.2 Å². The van der Waals surface area contributed by atoms with Crippen LogP contribution in [0, 0.1) is 5.82 Å². The number of aromatic nitrogens is 1. The maximum atomic E-state index is 14.4. The van der Waals surface area contributed by atoms with E-state index in [1.807, 2.05) is 53.4 Å². The van der Waals surface area contributed by atoms with Gasteiger partial charge in [0.1, 0.15) is 17.2 Å². The van der Waals surface area contributed by atoms with Crippen molar-refractivity contribution in [3.63, 3.8) is 0 Å². The summed E-state index contributed by atoms with van der Waals surface area (Å²) in [7, 11) is 3.22. The maximum absolute atomic E-state index is 14.4. The molecule has 0 radical (unpaired) electrons. The van der Waals surface area contributed by atoms with Gasteiger partial charge in [-0.2, -0.15) is 0 Å². The van der Waals surface area contributed by atoms with Gasteiger partial charge in [-0.05, 0) is 35.4 Å². The number of nitrogens with zero attached hydrogens (tertiary/aromatic N) is 2. The summed E-state index contributed by atoms with van der Waals surface area (Å²) >= 11 is 0. The van der Waals surface area contributed by atoms with Gasteiger partial charge in [0.2, 0.25) is 0 Å². The van der Waals surface area contributed by atoms with Crippen molar-refractivity contribution in [3.05, 3.63) is 77.7 Å². The quantitative estimate of drug-likeness (QED) is 0.679. The minimum atomic E-state index is -0.572. The van der Waals surface area contributed by atoms with Gasteiger partial charge in [-0.1, -0.05) is 24.3 Å². The van der Waals surface area contributed by atoms with Crippen molar-refractivity contribution >= 4 is 5.82 Å². The molecule has 0 unspecified atom stereocenters. The van der Waals surface area contributed by atoms with Crippen LogP contribution in [0.15, 0.2) is 60.8 Å². The van der Waals surface area contributed by atoms with Crippen molar-refractivity contribution in [2.75, 3.05) is 19.1 Å². The van der Waals surface area contributed by atoms with Gasteiger partial charge in [0.15, 0.2) is 11.6 Å². The van der Waals surface area contributed by atoms with E-state index in [0.717, 1.165) is 28.7 Å². The molecule has 0 spiro atoms. The lowest BCUT2D eigenvalue weighted by molar-refractivity contribution is 0.414. The molecule has 3 rings (SSSR count). The topological polar surface area (TPSA) is 54.8 Å². The molecule has 0 saturated heterocycles. The fourth-order valence-corrected chi connectivity index (χ4v) is 2.76. The summed E-state index contributed by atoms with van der Waals surface area (Å²) in [6.45, 7) is 0.898. The van der Waals surface area contributed by atoms with Crippen molar-refractivity contribution in [1.82, 2.24) is 4.98 Å². The number of rotatable bonds is 7. The molecule has 6 heteroatoms. The van der Waals surface area contributed by atoms with Crippen LogP contribution in [0.25, 0.3) is 0 Å². The van der Waals surface area contributed by atoms with E-state index in [0.29, 0.717) is 13.1 Å². The number of aromatic hydroxyl groups is 1. The van der Waals surface area contributed by atoms with Crippen LogP contribution in [0.5, 0.6) is 17.2 Å². The van der Waals surface area contributed by atoms with Crippen LogP contribution >= 0.6 is 0 Å². The third kappa shape index (κ3) is 4.67. The summed E-state index contributed by atoms with van der Waals surface area (Å²) in [4.78, 5) is 5.91. The standard InChI is InChI=1S/C21H21FN2O3/c1-26-18-7-3-15(4-8-18)13-24(21-20(22)11-17(25)12-23-21)14-16-5-9-19(27-2)10-6-16/h3-12,25H,13-14H2,1-2H3. The first-order valence-electron chi connectivity index (χ1n) is 8.44. The fraction of sp³-hybridized carbons (Fsp3) is 0.190. The Balaban J connectivity index is 1.89. The Morgan fingerprint density at radius 2 is 1.37 bits per heavy atom. The second-order valence-electron chi connectivity index (χ2n) is 6.05. The summed E-state index contributed by atoms with van der Waals surface area (Å²) in [5.74, 6) is 0.922. The zero-order valence-corrected chi connectivity index (χ0v) is 15.2. The molecule has 140 valence electrons. The highest BCUT2D eigenvalue weighted by atomic mass is 19.1. The monoisotopic (exact) mass is 368 g/mol. The second kappa shape index (κ2) is 8.40. The zero-order valence-electron chi connectivity index (χ0n) is 15.2. The Hall–Kier alpha value is -3.28. The molecule has 0 aliphatic rings. The molecule has 1 heterocycles. The highest BCUT2D eigenvalue weighted by Crippen LogP contribution is 2.25. The average Bonchev–Trinajstić information content (AvgIpc) is 2.69. The van der Waals surface area contributed by atoms with Crippen molar-refractivity contribution in [2.24, 2.45) is 0 Å². The lowest BCUT2D eigenvalue weighted by Crippen LogP contribution is -2.24. The number of hydrogen-bond donors (Lipinski definition) is 1. The van der Waals surface area contributed by atoms with E-state index >= 15 is 0 Å². The largest absolute Gasteiger partial charge is 0.506 e. The predicted octanol–water partition coefficient (Wildman–Crippen LogP) is 4.15. The highest BCUT2D eigenvalue weighted by Gasteiger charge is 2.15. The van der Waals surface area contributed by atoms with Crippen molar-refractivity contribution in [1.29, 1.82) is 0 Å². The van der Waals surface area contributed by atoms with Crippen LogP contribution < -0.4 is 14.4 Å². The van der Waals surface area contributed by atoms with E-state index in [1.54, 1.807) is 14.2 Å². The molecular formula is C21H21FN2O3. The summed E-state index contributed by atoms with van der Waals surface area (Å²) in [6.07, 6.45) is 1.24. The smallest absolute Gasteiger partial charge is 0.169 e. The predicted molar refractivity (Wildman–Crippen MR) is 102 cm³/mol.